The number of nitrogens with zero attached hydrogens (tertiary/aromatic N) is 4. The zero-order valence-electron chi connectivity index (χ0n) is 17.0. The van der Waals surface area contributed by atoms with Crippen molar-refractivity contribution >= 4 is 16.8 Å². The van der Waals surface area contributed by atoms with E-state index in [1.165, 1.54) is 0 Å². The lowest BCUT2D eigenvalue weighted by Crippen LogP contribution is -2.27. The molecule has 29 heavy (non-hydrogen) atoms. The SMILES string of the molecule is Cc1cccc2c(C(=O)N[C@@H](C)c3cnn(C)c3C)cc(-c3cccnc3)nc12. The van der Waals surface area contributed by atoms with Crippen molar-refractivity contribution in [2.75, 3.05) is 0 Å². The number of benzene rings is 1. The van der Waals surface area contributed by atoms with E-state index in [0.717, 1.165) is 39.0 Å². The van der Waals surface area contributed by atoms with Gasteiger partial charge in [-0.2, -0.15) is 5.10 Å². The average molecular weight is 385 g/mol. The third-order valence-electron chi connectivity index (χ3n) is 5.33. The minimum absolute atomic E-state index is 0.135. The van der Waals surface area contributed by atoms with E-state index in [4.69, 9.17) is 4.98 Å². The number of fused-ring (bicyclic) bond motifs is 1. The predicted molar refractivity (Wildman–Crippen MR) is 114 cm³/mol. The van der Waals surface area contributed by atoms with Crippen molar-refractivity contribution < 1.29 is 4.79 Å². The van der Waals surface area contributed by atoms with Crippen LogP contribution in [-0.4, -0.2) is 25.7 Å². The smallest absolute Gasteiger partial charge is 0.252 e. The normalized spacial score (nSPS) is 12.1. The summed E-state index contributed by atoms with van der Waals surface area (Å²) in [6.45, 7) is 5.97. The quantitative estimate of drug-likeness (QED) is 0.573. The summed E-state index contributed by atoms with van der Waals surface area (Å²) in [5.41, 5.74) is 6.10. The molecule has 0 aliphatic heterocycles. The first-order valence-corrected chi connectivity index (χ1v) is 9.56. The molecule has 0 saturated heterocycles. The molecule has 1 amide bonds. The van der Waals surface area contributed by atoms with Crippen LogP contribution in [0.4, 0.5) is 0 Å². The van der Waals surface area contributed by atoms with Gasteiger partial charge in [-0.05, 0) is 44.5 Å². The number of nitrogens with one attached hydrogen (secondary N) is 1. The Morgan fingerprint density at radius 1 is 1.14 bits per heavy atom. The topological polar surface area (TPSA) is 72.7 Å². The van der Waals surface area contributed by atoms with Gasteiger partial charge in [0, 0.05) is 41.6 Å². The highest BCUT2D eigenvalue weighted by atomic mass is 16.1. The van der Waals surface area contributed by atoms with Crippen molar-refractivity contribution in [3.8, 4) is 11.3 Å². The number of aromatic nitrogens is 4. The number of pyridine rings is 2. The maximum atomic E-state index is 13.3. The van der Waals surface area contributed by atoms with Crippen LogP contribution < -0.4 is 5.32 Å². The lowest BCUT2D eigenvalue weighted by molar-refractivity contribution is 0.0941. The van der Waals surface area contributed by atoms with Gasteiger partial charge in [-0.15, -0.1) is 0 Å². The molecule has 3 aromatic heterocycles. The molecule has 1 atom stereocenters. The number of hydrogen-bond donors (Lipinski definition) is 1. The zero-order valence-corrected chi connectivity index (χ0v) is 17.0. The van der Waals surface area contributed by atoms with Gasteiger partial charge in [-0.1, -0.05) is 18.2 Å². The Balaban J connectivity index is 1.78. The molecule has 146 valence electrons. The molecule has 1 N–H and O–H groups in total. The fourth-order valence-corrected chi connectivity index (χ4v) is 3.53. The van der Waals surface area contributed by atoms with Crippen LogP contribution in [0.25, 0.3) is 22.2 Å². The van der Waals surface area contributed by atoms with Crippen molar-refractivity contribution in [3.63, 3.8) is 0 Å². The first-order chi connectivity index (χ1) is 14.0. The number of rotatable bonds is 4. The fourth-order valence-electron chi connectivity index (χ4n) is 3.53. The van der Waals surface area contributed by atoms with Crippen LogP contribution >= 0.6 is 0 Å². The minimum Gasteiger partial charge on any atom is -0.345 e. The summed E-state index contributed by atoms with van der Waals surface area (Å²) in [5.74, 6) is -0.135. The lowest BCUT2D eigenvalue weighted by Gasteiger charge is -2.16. The second kappa shape index (κ2) is 7.47. The molecule has 4 aromatic rings. The molecule has 6 nitrogen and oxygen atoms in total. The Hall–Kier alpha value is -3.54. The van der Waals surface area contributed by atoms with Crippen LogP contribution in [0, 0.1) is 13.8 Å². The largest absolute Gasteiger partial charge is 0.345 e. The standard InChI is InChI=1S/C23H23N5O/c1-14-7-5-9-18-19(11-21(27-22(14)18)17-8-6-10-24-12-17)23(29)26-15(2)20-13-25-28(4)16(20)3/h5-13,15H,1-4H3,(H,26,29)/t15-/m0/s1. The van der Waals surface area contributed by atoms with Gasteiger partial charge in [-0.25, -0.2) is 4.98 Å². The second-order valence-corrected chi connectivity index (χ2v) is 7.27. The van der Waals surface area contributed by atoms with E-state index in [9.17, 15) is 4.79 Å². The maximum Gasteiger partial charge on any atom is 0.252 e. The van der Waals surface area contributed by atoms with Gasteiger partial charge in [0.1, 0.15) is 0 Å². The van der Waals surface area contributed by atoms with Gasteiger partial charge in [0.2, 0.25) is 0 Å². The van der Waals surface area contributed by atoms with E-state index in [-0.39, 0.29) is 11.9 Å². The molecule has 1 aromatic carbocycles. The molecule has 0 spiro atoms. The number of carbonyl (C=O) groups is 1. The average Bonchev–Trinajstić information content (AvgIpc) is 3.07. The number of amides is 1. The van der Waals surface area contributed by atoms with Gasteiger partial charge in [-0.3, -0.25) is 14.5 Å². The third-order valence-corrected chi connectivity index (χ3v) is 5.33. The highest BCUT2D eigenvalue weighted by molar-refractivity contribution is 6.07. The molecule has 0 radical (unpaired) electrons. The molecule has 0 bridgehead atoms. The first kappa shape index (κ1) is 18.8. The first-order valence-electron chi connectivity index (χ1n) is 9.56. The second-order valence-electron chi connectivity index (χ2n) is 7.27. The third kappa shape index (κ3) is 3.49. The van der Waals surface area contributed by atoms with E-state index >= 15 is 0 Å². The van der Waals surface area contributed by atoms with E-state index in [1.807, 2.05) is 68.9 Å². The predicted octanol–water partition coefficient (Wildman–Crippen LogP) is 4.14. The molecule has 3 heterocycles. The molecular weight excluding hydrogens is 362 g/mol. The Labute approximate surface area is 169 Å². The summed E-state index contributed by atoms with van der Waals surface area (Å²) in [7, 11) is 1.90. The number of carbonyl (C=O) groups excluding carboxylic acids is 1. The molecule has 0 fully saturated rings. The fraction of sp³-hybridized carbons (Fsp3) is 0.217. The van der Waals surface area contributed by atoms with Gasteiger partial charge in [0.25, 0.3) is 5.91 Å². The summed E-state index contributed by atoms with van der Waals surface area (Å²) < 4.78 is 1.81. The highest BCUT2D eigenvalue weighted by Gasteiger charge is 2.19. The van der Waals surface area contributed by atoms with Crippen molar-refractivity contribution in [2.45, 2.75) is 26.8 Å². The molecular formula is C23H23N5O. The van der Waals surface area contributed by atoms with E-state index in [1.54, 1.807) is 18.6 Å². The summed E-state index contributed by atoms with van der Waals surface area (Å²) in [6.07, 6.45) is 5.28. The van der Waals surface area contributed by atoms with Gasteiger partial charge in [0.15, 0.2) is 0 Å². The molecule has 4 rings (SSSR count). The number of hydrogen-bond acceptors (Lipinski definition) is 4. The van der Waals surface area contributed by atoms with Crippen LogP contribution in [0.3, 0.4) is 0 Å². The van der Waals surface area contributed by atoms with Crippen molar-refractivity contribution in [3.05, 3.63) is 77.4 Å². The van der Waals surface area contributed by atoms with Gasteiger partial charge < -0.3 is 5.32 Å². The lowest BCUT2D eigenvalue weighted by atomic mass is 10.0. The van der Waals surface area contributed by atoms with Crippen molar-refractivity contribution in [2.24, 2.45) is 7.05 Å². The minimum atomic E-state index is -0.161. The Morgan fingerprint density at radius 3 is 2.66 bits per heavy atom. The van der Waals surface area contributed by atoms with Crippen LogP contribution in [0.2, 0.25) is 0 Å². The molecule has 0 aliphatic rings. The maximum absolute atomic E-state index is 13.3. The molecule has 6 heteroatoms. The Bertz CT molecular complexity index is 1200. The van der Waals surface area contributed by atoms with Crippen LogP contribution in [0.5, 0.6) is 0 Å². The van der Waals surface area contributed by atoms with Crippen LogP contribution in [0.1, 0.15) is 40.1 Å². The van der Waals surface area contributed by atoms with Crippen LogP contribution in [-0.2, 0) is 7.05 Å². The van der Waals surface area contributed by atoms with Crippen molar-refractivity contribution in [1.29, 1.82) is 0 Å². The summed E-state index contributed by atoms with van der Waals surface area (Å²) in [4.78, 5) is 22.3. The van der Waals surface area contributed by atoms with Crippen LogP contribution in [0.15, 0.2) is 55.0 Å². The number of para-hydroxylation sites is 1. The molecule has 0 aliphatic carbocycles. The van der Waals surface area contributed by atoms with Gasteiger partial charge >= 0.3 is 0 Å². The Morgan fingerprint density at radius 2 is 1.97 bits per heavy atom. The van der Waals surface area contributed by atoms with Gasteiger partial charge in [0.05, 0.1) is 29.0 Å². The monoisotopic (exact) mass is 385 g/mol. The summed E-state index contributed by atoms with van der Waals surface area (Å²) in [6, 6.07) is 11.4. The molecule has 0 saturated carbocycles. The summed E-state index contributed by atoms with van der Waals surface area (Å²) in [5, 5.41) is 8.24. The Kier molecular flexibility index (Phi) is 4.84. The molecule has 0 unspecified atom stereocenters. The van der Waals surface area contributed by atoms with E-state index in [0.29, 0.717) is 5.56 Å². The zero-order chi connectivity index (χ0) is 20.5. The number of aryl methyl sites for hydroxylation is 2. The van der Waals surface area contributed by atoms with E-state index < -0.39 is 0 Å². The summed E-state index contributed by atoms with van der Waals surface area (Å²) >= 11 is 0. The van der Waals surface area contributed by atoms with Crippen molar-refractivity contribution in [1.82, 2.24) is 25.1 Å². The highest BCUT2D eigenvalue weighted by Crippen LogP contribution is 2.27. The van der Waals surface area contributed by atoms with E-state index in [2.05, 4.69) is 15.4 Å².